The first-order valence-electron chi connectivity index (χ1n) is 5.78. The number of hydrogen-bond acceptors (Lipinski definition) is 3. The maximum atomic E-state index is 11.9. The van der Waals surface area contributed by atoms with Crippen molar-refractivity contribution in [3.63, 3.8) is 0 Å². The Kier molecular flexibility index (Phi) is 4.85. The normalized spacial score (nSPS) is 11.8. The van der Waals surface area contributed by atoms with Gasteiger partial charge in [0, 0.05) is 26.6 Å². The van der Waals surface area contributed by atoms with E-state index >= 15 is 0 Å². The third-order valence-electron chi connectivity index (χ3n) is 2.35. The van der Waals surface area contributed by atoms with Crippen molar-refractivity contribution in [2.45, 2.75) is 19.4 Å². The van der Waals surface area contributed by atoms with E-state index in [-0.39, 0.29) is 24.3 Å². The molecule has 18 heavy (non-hydrogen) atoms. The molecule has 1 atom stereocenters. The maximum Gasteiger partial charge on any atom is 0.255 e. The molecular weight excluding hydrogens is 230 g/mol. The second-order valence-electron chi connectivity index (χ2n) is 4.47. The third-order valence-corrected chi connectivity index (χ3v) is 2.35. The van der Waals surface area contributed by atoms with E-state index in [1.807, 2.05) is 0 Å². The first-order chi connectivity index (χ1) is 8.41. The van der Waals surface area contributed by atoms with Crippen LogP contribution in [0.2, 0.25) is 0 Å². The van der Waals surface area contributed by atoms with Crippen molar-refractivity contribution in [1.29, 1.82) is 0 Å². The second kappa shape index (κ2) is 6.16. The fourth-order valence-corrected chi connectivity index (χ4v) is 1.51. The van der Waals surface area contributed by atoms with E-state index in [2.05, 4.69) is 5.32 Å². The molecule has 0 heterocycles. The smallest absolute Gasteiger partial charge is 0.255 e. The van der Waals surface area contributed by atoms with Gasteiger partial charge in [0.15, 0.2) is 0 Å². The fourth-order valence-electron chi connectivity index (χ4n) is 1.51. The second-order valence-corrected chi connectivity index (χ2v) is 4.47. The lowest BCUT2D eigenvalue weighted by atomic mass is 10.1. The van der Waals surface area contributed by atoms with Crippen molar-refractivity contribution < 1.29 is 9.59 Å². The Morgan fingerprint density at radius 1 is 1.33 bits per heavy atom. The van der Waals surface area contributed by atoms with Gasteiger partial charge in [-0.25, -0.2) is 0 Å². The monoisotopic (exact) mass is 249 g/mol. The van der Waals surface area contributed by atoms with E-state index in [1.54, 1.807) is 45.3 Å². The zero-order valence-electron chi connectivity index (χ0n) is 10.9. The molecule has 0 aliphatic carbocycles. The highest BCUT2D eigenvalue weighted by Gasteiger charge is 2.14. The summed E-state index contributed by atoms with van der Waals surface area (Å²) in [5, 5.41) is 2.71. The Bertz CT molecular complexity index is 442. The number of benzene rings is 1. The Balaban J connectivity index is 2.89. The van der Waals surface area contributed by atoms with Crippen molar-refractivity contribution in [1.82, 2.24) is 4.90 Å². The molecule has 98 valence electrons. The highest BCUT2D eigenvalue weighted by atomic mass is 16.2. The predicted octanol–water partition coefficient (Wildman–Crippen LogP) is 1.06. The first-order valence-corrected chi connectivity index (χ1v) is 5.78. The van der Waals surface area contributed by atoms with E-state index in [0.29, 0.717) is 11.3 Å². The van der Waals surface area contributed by atoms with Crippen LogP contribution in [0.3, 0.4) is 0 Å². The largest absolute Gasteiger partial charge is 0.345 e. The van der Waals surface area contributed by atoms with E-state index in [9.17, 15) is 9.59 Å². The summed E-state index contributed by atoms with van der Waals surface area (Å²) in [6, 6.07) is 6.72. The summed E-state index contributed by atoms with van der Waals surface area (Å²) in [6.07, 6.45) is 0.227. The van der Waals surface area contributed by atoms with Crippen LogP contribution in [-0.2, 0) is 4.79 Å². The lowest BCUT2D eigenvalue weighted by Gasteiger charge is -2.15. The van der Waals surface area contributed by atoms with Crippen LogP contribution in [0.1, 0.15) is 23.7 Å². The molecule has 0 saturated heterocycles. The number of hydrogen-bond donors (Lipinski definition) is 2. The average molecular weight is 249 g/mol. The van der Waals surface area contributed by atoms with Gasteiger partial charge >= 0.3 is 0 Å². The van der Waals surface area contributed by atoms with Crippen LogP contribution in [-0.4, -0.2) is 36.9 Å². The molecule has 0 aromatic heterocycles. The number of nitrogens with two attached hydrogens (primary N) is 1. The van der Waals surface area contributed by atoms with Crippen molar-refractivity contribution >= 4 is 17.5 Å². The minimum absolute atomic E-state index is 0.147. The number of nitrogens with zero attached hydrogens (tertiary/aromatic N) is 1. The zero-order valence-corrected chi connectivity index (χ0v) is 10.9. The molecule has 1 aromatic rings. The molecule has 2 amide bonds. The van der Waals surface area contributed by atoms with Crippen molar-refractivity contribution in [3.05, 3.63) is 29.8 Å². The van der Waals surface area contributed by atoms with E-state index < -0.39 is 0 Å². The fraction of sp³-hybridized carbons (Fsp3) is 0.385. The standard InChI is InChI=1S/C13H19N3O2/c1-9(14)8-12(17)15-11-7-5-4-6-10(11)13(18)16(2)3/h4-7,9H,8,14H2,1-3H3,(H,15,17). The van der Waals surface area contributed by atoms with Gasteiger partial charge in [-0.1, -0.05) is 12.1 Å². The summed E-state index contributed by atoms with van der Waals surface area (Å²) >= 11 is 0. The van der Waals surface area contributed by atoms with Gasteiger partial charge in [0.25, 0.3) is 5.91 Å². The Hall–Kier alpha value is -1.88. The predicted molar refractivity (Wildman–Crippen MR) is 71.4 cm³/mol. The molecule has 0 aliphatic rings. The van der Waals surface area contributed by atoms with E-state index in [1.165, 1.54) is 4.90 Å². The zero-order chi connectivity index (χ0) is 13.7. The van der Waals surface area contributed by atoms with Crippen LogP contribution in [0.25, 0.3) is 0 Å². The van der Waals surface area contributed by atoms with Gasteiger partial charge in [-0.2, -0.15) is 0 Å². The summed E-state index contributed by atoms with van der Waals surface area (Å²) in [5.74, 6) is -0.337. The van der Waals surface area contributed by atoms with Gasteiger partial charge in [0.05, 0.1) is 11.3 Å². The molecule has 5 heteroatoms. The molecule has 0 bridgehead atoms. The number of amides is 2. The van der Waals surface area contributed by atoms with Crippen molar-refractivity contribution in [2.75, 3.05) is 19.4 Å². The molecule has 0 saturated carbocycles. The van der Waals surface area contributed by atoms with Crippen molar-refractivity contribution in [2.24, 2.45) is 5.73 Å². The topological polar surface area (TPSA) is 75.4 Å². The highest BCUT2D eigenvalue weighted by molar-refractivity contribution is 6.03. The van der Waals surface area contributed by atoms with Crippen LogP contribution >= 0.6 is 0 Å². The highest BCUT2D eigenvalue weighted by Crippen LogP contribution is 2.16. The van der Waals surface area contributed by atoms with Crippen LogP contribution in [0.15, 0.2) is 24.3 Å². The van der Waals surface area contributed by atoms with Crippen LogP contribution in [0.4, 0.5) is 5.69 Å². The van der Waals surface area contributed by atoms with Gasteiger partial charge in [0.1, 0.15) is 0 Å². The Labute approximate surface area is 107 Å². The lowest BCUT2D eigenvalue weighted by Crippen LogP contribution is -2.26. The summed E-state index contributed by atoms with van der Waals surface area (Å²) in [4.78, 5) is 25.0. The maximum absolute atomic E-state index is 11.9. The number of carbonyl (C=O) groups is 2. The summed E-state index contributed by atoms with van der Waals surface area (Å²) in [6.45, 7) is 1.76. The molecule has 0 spiro atoms. The Morgan fingerprint density at radius 2 is 1.94 bits per heavy atom. The SMILES string of the molecule is CC(N)CC(=O)Nc1ccccc1C(=O)N(C)C. The lowest BCUT2D eigenvalue weighted by molar-refractivity contribution is -0.116. The molecule has 1 aromatic carbocycles. The van der Waals surface area contributed by atoms with Crippen LogP contribution in [0, 0.1) is 0 Å². The Morgan fingerprint density at radius 3 is 2.50 bits per heavy atom. The van der Waals surface area contributed by atoms with E-state index in [4.69, 9.17) is 5.73 Å². The summed E-state index contributed by atoms with van der Waals surface area (Å²) < 4.78 is 0. The van der Waals surface area contributed by atoms with Crippen molar-refractivity contribution in [3.8, 4) is 0 Å². The number of carbonyl (C=O) groups excluding carboxylic acids is 2. The molecule has 0 fully saturated rings. The van der Waals surface area contributed by atoms with Gasteiger partial charge in [-0.15, -0.1) is 0 Å². The minimum atomic E-state index is -0.207. The van der Waals surface area contributed by atoms with Crippen LogP contribution in [0.5, 0.6) is 0 Å². The molecule has 1 rings (SSSR count). The number of anilines is 1. The number of nitrogens with one attached hydrogen (secondary N) is 1. The number of para-hydroxylation sites is 1. The quantitative estimate of drug-likeness (QED) is 0.838. The minimum Gasteiger partial charge on any atom is -0.345 e. The molecule has 0 radical (unpaired) electrons. The van der Waals surface area contributed by atoms with Gasteiger partial charge < -0.3 is 16.0 Å². The van der Waals surface area contributed by atoms with E-state index in [0.717, 1.165) is 0 Å². The summed E-state index contributed by atoms with van der Waals surface area (Å²) in [5.41, 5.74) is 6.55. The van der Waals surface area contributed by atoms with Gasteiger partial charge in [0.2, 0.25) is 5.91 Å². The molecule has 5 nitrogen and oxygen atoms in total. The van der Waals surface area contributed by atoms with Gasteiger partial charge in [-0.05, 0) is 19.1 Å². The molecule has 1 unspecified atom stereocenters. The van der Waals surface area contributed by atoms with Gasteiger partial charge in [-0.3, -0.25) is 9.59 Å². The third kappa shape index (κ3) is 3.85. The molecule has 3 N–H and O–H groups in total. The first kappa shape index (κ1) is 14.2. The average Bonchev–Trinajstić information content (AvgIpc) is 2.27. The summed E-state index contributed by atoms with van der Waals surface area (Å²) in [7, 11) is 3.34. The number of rotatable bonds is 4. The molecular formula is C13H19N3O2. The van der Waals surface area contributed by atoms with Crippen LogP contribution < -0.4 is 11.1 Å². The molecule has 0 aliphatic heterocycles.